The van der Waals surface area contributed by atoms with E-state index in [4.69, 9.17) is 4.74 Å². The van der Waals surface area contributed by atoms with E-state index in [2.05, 4.69) is 4.98 Å². The van der Waals surface area contributed by atoms with Crippen LogP contribution < -0.4 is 4.74 Å². The summed E-state index contributed by atoms with van der Waals surface area (Å²) in [5, 5.41) is 1.03. The number of carbonyl (C=O) groups is 2. The number of nitrogens with zero attached hydrogens (tertiary/aromatic N) is 1. The quantitative estimate of drug-likeness (QED) is 0.720. The third-order valence-corrected chi connectivity index (χ3v) is 5.45. The standard InChI is InChI=1S/C22H22N2O3/c1-13-20-17(11-12-24(13)14(2)25)16-9-10-18(27-3)19(21(16)23-20)22(26)15-7-5-4-6-8-15/h4-10,13,23H,11-12H2,1-3H3. The van der Waals surface area contributed by atoms with Crippen molar-refractivity contribution in [3.8, 4) is 5.75 Å². The van der Waals surface area contributed by atoms with Crippen LogP contribution in [0, 0.1) is 0 Å². The molecule has 0 radical (unpaired) electrons. The van der Waals surface area contributed by atoms with Gasteiger partial charge < -0.3 is 14.6 Å². The van der Waals surface area contributed by atoms with Gasteiger partial charge in [-0.15, -0.1) is 0 Å². The normalized spacial score (nSPS) is 16.3. The van der Waals surface area contributed by atoms with Crippen molar-refractivity contribution >= 4 is 22.6 Å². The molecular weight excluding hydrogens is 340 g/mol. The number of hydrogen-bond acceptors (Lipinski definition) is 3. The van der Waals surface area contributed by atoms with Gasteiger partial charge in [0.25, 0.3) is 0 Å². The monoisotopic (exact) mass is 362 g/mol. The lowest BCUT2D eigenvalue weighted by molar-refractivity contribution is -0.131. The summed E-state index contributed by atoms with van der Waals surface area (Å²) in [5.41, 5.74) is 4.12. The Labute approximate surface area is 157 Å². The first-order valence-electron chi connectivity index (χ1n) is 9.11. The van der Waals surface area contributed by atoms with E-state index < -0.39 is 0 Å². The second-order valence-corrected chi connectivity index (χ2v) is 6.92. The van der Waals surface area contributed by atoms with Crippen LogP contribution in [0.5, 0.6) is 5.75 Å². The molecule has 138 valence electrons. The van der Waals surface area contributed by atoms with Crippen LogP contribution in [0.2, 0.25) is 0 Å². The first-order chi connectivity index (χ1) is 13.0. The predicted molar refractivity (Wildman–Crippen MR) is 104 cm³/mol. The molecule has 1 aliphatic heterocycles. The third-order valence-electron chi connectivity index (χ3n) is 5.45. The number of amides is 1. The van der Waals surface area contributed by atoms with Crippen LogP contribution in [0.3, 0.4) is 0 Å². The van der Waals surface area contributed by atoms with Gasteiger partial charge in [-0.25, -0.2) is 0 Å². The van der Waals surface area contributed by atoms with Crippen molar-refractivity contribution in [1.82, 2.24) is 9.88 Å². The Kier molecular flexibility index (Phi) is 4.22. The number of methoxy groups -OCH3 is 1. The summed E-state index contributed by atoms with van der Waals surface area (Å²) >= 11 is 0. The zero-order chi connectivity index (χ0) is 19.1. The van der Waals surface area contributed by atoms with Crippen molar-refractivity contribution in [2.45, 2.75) is 26.3 Å². The summed E-state index contributed by atoms with van der Waals surface area (Å²) in [6.07, 6.45) is 0.768. The van der Waals surface area contributed by atoms with Gasteiger partial charge in [0.2, 0.25) is 5.91 Å². The van der Waals surface area contributed by atoms with E-state index in [1.54, 1.807) is 14.0 Å². The molecule has 0 aliphatic carbocycles. The van der Waals surface area contributed by atoms with Gasteiger partial charge in [-0.05, 0) is 31.0 Å². The average Bonchev–Trinajstić information content (AvgIpc) is 3.07. The largest absolute Gasteiger partial charge is 0.496 e. The number of aromatic nitrogens is 1. The van der Waals surface area contributed by atoms with Gasteiger partial charge in [0.15, 0.2) is 5.78 Å². The third kappa shape index (κ3) is 2.70. The number of hydrogen-bond donors (Lipinski definition) is 1. The van der Waals surface area contributed by atoms with Crippen LogP contribution in [0.4, 0.5) is 0 Å². The minimum Gasteiger partial charge on any atom is -0.496 e. The highest BCUT2D eigenvalue weighted by atomic mass is 16.5. The molecule has 1 amide bonds. The van der Waals surface area contributed by atoms with Crippen molar-refractivity contribution in [2.75, 3.05) is 13.7 Å². The molecule has 1 aliphatic rings. The molecular formula is C22H22N2O3. The minimum atomic E-state index is -0.0762. The fourth-order valence-corrected chi connectivity index (χ4v) is 4.09. The molecule has 4 rings (SSSR count). The fraction of sp³-hybridized carbons (Fsp3) is 0.273. The van der Waals surface area contributed by atoms with E-state index in [1.807, 2.05) is 54.3 Å². The Balaban J connectivity index is 1.93. The second-order valence-electron chi connectivity index (χ2n) is 6.92. The number of ketones is 1. The lowest BCUT2D eigenvalue weighted by atomic mass is 9.95. The fourth-order valence-electron chi connectivity index (χ4n) is 4.09. The molecule has 0 saturated heterocycles. The maximum atomic E-state index is 13.2. The number of H-pyrrole nitrogens is 1. The van der Waals surface area contributed by atoms with Crippen LogP contribution >= 0.6 is 0 Å². The zero-order valence-electron chi connectivity index (χ0n) is 15.7. The van der Waals surface area contributed by atoms with Crippen LogP contribution in [0.15, 0.2) is 42.5 Å². The van der Waals surface area contributed by atoms with Crippen molar-refractivity contribution < 1.29 is 14.3 Å². The Morgan fingerprint density at radius 2 is 1.89 bits per heavy atom. The lowest BCUT2D eigenvalue weighted by Gasteiger charge is -2.32. The second kappa shape index (κ2) is 6.58. The number of carbonyl (C=O) groups excluding carboxylic acids is 2. The Hall–Kier alpha value is -3.08. The first-order valence-corrected chi connectivity index (χ1v) is 9.11. The number of rotatable bonds is 3. The number of nitrogens with one attached hydrogen (secondary N) is 1. The molecule has 1 aromatic heterocycles. The molecule has 1 atom stereocenters. The number of benzene rings is 2. The van der Waals surface area contributed by atoms with E-state index >= 15 is 0 Å². The first kappa shape index (κ1) is 17.3. The summed E-state index contributed by atoms with van der Waals surface area (Å²) in [4.78, 5) is 30.5. The molecule has 0 fully saturated rings. The summed E-state index contributed by atoms with van der Waals surface area (Å²) < 4.78 is 5.51. The van der Waals surface area contributed by atoms with E-state index in [0.29, 0.717) is 23.4 Å². The highest BCUT2D eigenvalue weighted by Crippen LogP contribution is 2.38. The summed E-state index contributed by atoms with van der Waals surface area (Å²) in [6, 6.07) is 13.0. The topological polar surface area (TPSA) is 62.4 Å². The van der Waals surface area contributed by atoms with Crippen LogP contribution in [0.25, 0.3) is 10.9 Å². The van der Waals surface area contributed by atoms with Crippen molar-refractivity contribution in [3.05, 3.63) is 64.8 Å². The van der Waals surface area contributed by atoms with E-state index in [9.17, 15) is 9.59 Å². The number of ether oxygens (including phenoxy) is 1. The molecule has 27 heavy (non-hydrogen) atoms. The van der Waals surface area contributed by atoms with Crippen molar-refractivity contribution in [3.63, 3.8) is 0 Å². The van der Waals surface area contributed by atoms with Gasteiger partial charge in [0.05, 0.1) is 24.2 Å². The lowest BCUT2D eigenvalue weighted by Crippen LogP contribution is -2.37. The zero-order valence-corrected chi connectivity index (χ0v) is 15.7. The Bertz CT molecular complexity index is 1040. The highest BCUT2D eigenvalue weighted by Gasteiger charge is 2.30. The van der Waals surface area contributed by atoms with Crippen LogP contribution in [-0.4, -0.2) is 35.2 Å². The van der Waals surface area contributed by atoms with Gasteiger partial charge in [0, 0.05) is 30.1 Å². The van der Waals surface area contributed by atoms with Gasteiger partial charge in [-0.1, -0.05) is 30.3 Å². The van der Waals surface area contributed by atoms with Crippen molar-refractivity contribution in [1.29, 1.82) is 0 Å². The van der Waals surface area contributed by atoms with Crippen LogP contribution in [0.1, 0.15) is 47.1 Å². The average molecular weight is 362 g/mol. The number of aromatic amines is 1. The molecule has 0 spiro atoms. The molecule has 1 N–H and O–H groups in total. The van der Waals surface area contributed by atoms with Crippen LogP contribution in [-0.2, 0) is 11.2 Å². The van der Waals surface area contributed by atoms with Crippen molar-refractivity contribution in [2.24, 2.45) is 0 Å². The number of fused-ring (bicyclic) bond motifs is 3. The predicted octanol–water partition coefficient (Wildman–Crippen LogP) is 3.87. The molecule has 2 heterocycles. The summed E-state index contributed by atoms with van der Waals surface area (Å²) in [5.74, 6) is 0.531. The van der Waals surface area contributed by atoms with E-state index in [1.165, 1.54) is 5.56 Å². The SMILES string of the molecule is COc1ccc2c3c([nH]c2c1C(=O)c1ccccc1)C(C)N(C(C)=O)CC3. The maximum absolute atomic E-state index is 13.2. The molecule has 5 nitrogen and oxygen atoms in total. The molecule has 3 aromatic rings. The molecule has 1 unspecified atom stereocenters. The molecule has 5 heteroatoms. The Morgan fingerprint density at radius 1 is 1.15 bits per heavy atom. The van der Waals surface area contributed by atoms with E-state index in [0.717, 1.165) is 23.0 Å². The molecule has 0 saturated carbocycles. The maximum Gasteiger partial charge on any atom is 0.220 e. The van der Waals surface area contributed by atoms with Gasteiger partial charge in [-0.3, -0.25) is 9.59 Å². The smallest absolute Gasteiger partial charge is 0.220 e. The van der Waals surface area contributed by atoms with Gasteiger partial charge >= 0.3 is 0 Å². The van der Waals surface area contributed by atoms with Gasteiger partial charge in [0.1, 0.15) is 5.75 Å². The summed E-state index contributed by atoms with van der Waals surface area (Å²) in [7, 11) is 1.58. The van der Waals surface area contributed by atoms with E-state index in [-0.39, 0.29) is 17.7 Å². The minimum absolute atomic E-state index is 0.0516. The van der Waals surface area contributed by atoms with Gasteiger partial charge in [-0.2, -0.15) is 0 Å². The summed E-state index contributed by atoms with van der Waals surface area (Å²) in [6.45, 7) is 4.30. The molecule has 2 aromatic carbocycles. The molecule has 0 bridgehead atoms. The Morgan fingerprint density at radius 3 is 2.56 bits per heavy atom. The highest BCUT2D eigenvalue weighted by molar-refractivity contribution is 6.18.